The van der Waals surface area contributed by atoms with Crippen LogP contribution in [0.3, 0.4) is 0 Å². The highest BCUT2D eigenvalue weighted by Gasteiger charge is 2.42. The number of carbonyl (C=O) groups excluding carboxylic acids is 7. The number of rotatable bonds is 13. The van der Waals surface area contributed by atoms with Crippen molar-refractivity contribution in [1.29, 1.82) is 0 Å². The van der Waals surface area contributed by atoms with Gasteiger partial charge < -0.3 is 46.3 Å². The third-order valence-electron chi connectivity index (χ3n) is 8.07. The molecule has 0 spiro atoms. The normalized spacial score (nSPS) is 23.8. The zero-order valence-electron chi connectivity index (χ0n) is 24.8. The maximum Gasteiger partial charge on any atom is 0.246 e. The van der Waals surface area contributed by atoms with E-state index in [4.69, 9.17) is 5.73 Å². The molecule has 7 N–H and O–H groups in total. The van der Waals surface area contributed by atoms with Crippen LogP contribution in [0.4, 0.5) is 0 Å². The highest BCUT2D eigenvalue weighted by Crippen LogP contribution is 2.25. The van der Waals surface area contributed by atoms with Gasteiger partial charge in [0.15, 0.2) is 0 Å². The first kappa shape index (κ1) is 33.9. The van der Waals surface area contributed by atoms with E-state index in [0.717, 1.165) is 0 Å². The Morgan fingerprint density at radius 2 is 1.37 bits per heavy atom. The summed E-state index contributed by atoms with van der Waals surface area (Å²) in [6.45, 7) is 3.38. The van der Waals surface area contributed by atoms with Gasteiger partial charge >= 0.3 is 0 Å². The fourth-order valence-electron chi connectivity index (χ4n) is 5.77. The quantitative estimate of drug-likeness (QED) is 0.0882. The SMILES string of the molecule is C[C@H](NC(=O)[C@@H]1CCCN1C(=O)CN)C(O)NCC(=O)N1CCC[C@H]1C(=O)N1CCC[C@H]1C(=O)NCC(=O)N[C@@H](C)C=O. The van der Waals surface area contributed by atoms with Crippen LogP contribution in [0.25, 0.3) is 0 Å². The number of aldehydes is 1. The Kier molecular flexibility index (Phi) is 12.4. The molecule has 3 saturated heterocycles. The van der Waals surface area contributed by atoms with Crippen molar-refractivity contribution in [2.45, 2.75) is 88.8 Å². The summed E-state index contributed by atoms with van der Waals surface area (Å²) in [7, 11) is 0. The molecule has 3 rings (SSSR count). The van der Waals surface area contributed by atoms with Gasteiger partial charge in [-0.3, -0.25) is 34.1 Å². The molecule has 0 aromatic heterocycles. The fourth-order valence-corrected chi connectivity index (χ4v) is 5.77. The van der Waals surface area contributed by atoms with Crippen LogP contribution in [0.5, 0.6) is 0 Å². The van der Waals surface area contributed by atoms with Gasteiger partial charge in [-0.2, -0.15) is 0 Å². The number of nitrogens with one attached hydrogen (secondary N) is 4. The lowest BCUT2D eigenvalue weighted by atomic mass is 10.1. The summed E-state index contributed by atoms with van der Waals surface area (Å²) in [4.78, 5) is 91.0. The van der Waals surface area contributed by atoms with Crippen LogP contribution >= 0.6 is 0 Å². The Morgan fingerprint density at radius 1 is 0.814 bits per heavy atom. The van der Waals surface area contributed by atoms with Gasteiger partial charge in [0.05, 0.1) is 31.7 Å². The van der Waals surface area contributed by atoms with E-state index in [9.17, 15) is 38.7 Å². The minimum Gasteiger partial charge on any atom is -0.376 e. The summed E-state index contributed by atoms with van der Waals surface area (Å²) < 4.78 is 0. The van der Waals surface area contributed by atoms with Gasteiger partial charge in [-0.1, -0.05) is 0 Å². The molecule has 3 heterocycles. The molecule has 0 radical (unpaired) electrons. The molecule has 0 aliphatic carbocycles. The molecule has 3 aliphatic heterocycles. The number of carbonyl (C=O) groups is 7. The first-order chi connectivity index (χ1) is 20.5. The van der Waals surface area contributed by atoms with Gasteiger partial charge in [-0.15, -0.1) is 0 Å². The van der Waals surface area contributed by atoms with E-state index < -0.39 is 60.1 Å². The Balaban J connectivity index is 1.49. The maximum atomic E-state index is 13.5. The lowest BCUT2D eigenvalue weighted by Gasteiger charge is -2.31. The number of amides is 6. The number of hydrogen-bond donors (Lipinski definition) is 6. The van der Waals surface area contributed by atoms with E-state index in [0.29, 0.717) is 64.4 Å². The van der Waals surface area contributed by atoms with E-state index >= 15 is 0 Å². The van der Waals surface area contributed by atoms with Crippen LogP contribution in [0.15, 0.2) is 0 Å². The monoisotopic (exact) mass is 608 g/mol. The van der Waals surface area contributed by atoms with Gasteiger partial charge in [0.1, 0.15) is 30.6 Å². The van der Waals surface area contributed by atoms with Crippen molar-refractivity contribution in [3.05, 3.63) is 0 Å². The molecule has 0 aromatic rings. The van der Waals surface area contributed by atoms with Gasteiger partial charge in [0.2, 0.25) is 35.4 Å². The largest absolute Gasteiger partial charge is 0.376 e. The van der Waals surface area contributed by atoms with Crippen molar-refractivity contribution in [2.75, 3.05) is 39.3 Å². The second kappa shape index (κ2) is 15.7. The zero-order valence-corrected chi connectivity index (χ0v) is 24.8. The van der Waals surface area contributed by atoms with Crippen LogP contribution in [-0.2, 0) is 33.6 Å². The molecule has 16 nitrogen and oxygen atoms in total. The molecule has 240 valence electrons. The lowest BCUT2D eigenvalue weighted by molar-refractivity contribution is -0.146. The summed E-state index contributed by atoms with van der Waals surface area (Å²) in [5, 5.41) is 20.9. The van der Waals surface area contributed by atoms with Gasteiger partial charge in [-0.25, -0.2) is 0 Å². The summed E-state index contributed by atoms with van der Waals surface area (Å²) in [5.74, 6) is -2.50. The molecule has 3 aliphatic rings. The summed E-state index contributed by atoms with van der Waals surface area (Å²) in [5.41, 5.74) is 5.43. The summed E-state index contributed by atoms with van der Waals surface area (Å²) in [6, 6.07) is -3.67. The second-order valence-corrected chi connectivity index (χ2v) is 11.2. The zero-order chi connectivity index (χ0) is 31.7. The van der Waals surface area contributed by atoms with Crippen molar-refractivity contribution >= 4 is 41.7 Å². The first-order valence-corrected chi connectivity index (χ1v) is 14.8. The van der Waals surface area contributed by atoms with Crippen LogP contribution < -0.4 is 27.0 Å². The van der Waals surface area contributed by atoms with E-state index in [1.54, 1.807) is 6.92 Å². The van der Waals surface area contributed by atoms with Crippen LogP contribution in [0.2, 0.25) is 0 Å². The van der Waals surface area contributed by atoms with Crippen molar-refractivity contribution in [2.24, 2.45) is 5.73 Å². The third-order valence-corrected chi connectivity index (χ3v) is 8.07. The number of aliphatic hydroxyl groups is 1. The molecule has 0 aromatic carbocycles. The smallest absolute Gasteiger partial charge is 0.246 e. The topological polar surface area (TPSA) is 224 Å². The summed E-state index contributed by atoms with van der Waals surface area (Å²) >= 11 is 0. The fraction of sp³-hybridized carbons (Fsp3) is 0.741. The van der Waals surface area contributed by atoms with E-state index in [1.807, 2.05) is 0 Å². The number of likely N-dealkylation sites (tertiary alicyclic amines) is 3. The molecule has 16 heteroatoms. The van der Waals surface area contributed by atoms with Crippen molar-refractivity contribution in [1.82, 2.24) is 36.0 Å². The molecule has 3 fully saturated rings. The molecule has 0 bridgehead atoms. The molecule has 6 amide bonds. The Bertz CT molecular complexity index is 1070. The van der Waals surface area contributed by atoms with E-state index in [-0.39, 0.29) is 31.4 Å². The first-order valence-electron chi connectivity index (χ1n) is 14.8. The van der Waals surface area contributed by atoms with Gasteiger partial charge in [0, 0.05) is 19.6 Å². The molecule has 0 saturated carbocycles. The Hall–Kier alpha value is -3.63. The van der Waals surface area contributed by atoms with Crippen LogP contribution in [0, 0.1) is 0 Å². The van der Waals surface area contributed by atoms with E-state index in [1.165, 1.54) is 21.6 Å². The highest BCUT2D eigenvalue weighted by molar-refractivity contribution is 5.94. The van der Waals surface area contributed by atoms with Crippen LogP contribution in [-0.4, -0.2) is 137 Å². The summed E-state index contributed by atoms with van der Waals surface area (Å²) in [6.07, 6.45) is 2.49. The highest BCUT2D eigenvalue weighted by atomic mass is 16.3. The number of nitrogens with zero attached hydrogens (tertiary/aromatic N) is 3. The number of nitrogens with two attached hydrogens (primary N) is 1. The molecule has 43 heavy (non-hydrogen) atoms. The Morgan fingerprint density at radius 3 is 1.98 bits per heavy atom. The van der Waals surface area contributed by atoms with Crippen molar-refractivity contribution < 1.29 is 38.7 Å². The van der Waals surface area contributed by atoms with Crippen molar-refractivity contribution in [3.63, 3.8) is 0 Å². The predicted molar refractivity (Wildman–Crippen MR) is 152 cm³/mol. The predicted octanol–water partition coefficient (Wildman–Crippen LogP) is -3.85. The molecule has 1 unspecified atom stereocenters. The molecular weight excluding hydrogens is 564 g/mol. The minimum absolute atomic E-state index is 0.196. The average molecular weight is 609 g/mol. The van der Waals surface area contributed by atoms with Crippen LogP contribution in [0.1, 0.15) is 52.4 Å². The standard InChI is InChI=1S/C27H44N8O8/c1-16(15-36)31-21(37)13-29-25(41)18-6-4-11-35(18)27(43)20-8-5-10-34(20)23(39)14-30-24(40)17(2)32-26(42)19-7-3-9-33(19)22(38)12-28/h15-20,24,30,40H,3-14,28H2,1-2H3,(H,29,41)(H,31,37)(H,32,42)/t16-,17-,18-,19-,20-,24?/m0/s1. The van der Waals surface area contributed by atoms with Crippen molar-refractivity contribution in [3.8, 4) is 0 Å². The lowest BCUT2D eigenvalue weighted by Crippen LogP contribution is -2.56. The van der Waals surface area contributed by atoms with Gasteiger partial charge in [-0.05, 0) is 52.4 Å². The Labute approximate surface area is 250 Å². The van der Waals surface area contributed by atoms with Gasteiger partial charge in [0.25, 0.3) is 0 Å². The molecule has 6 atom stereocenters. The maximum absolute atomic E-state index is 13.5. The number of hydrogen-bond acceptors (Lipinski definition) is 10. The van der Waals surface area contributed by atoms with E-state index in [2.05, 4.69) is 21.3 Å². The average Bonchev–Trinajstić information content (AvgIpc) is 3.78. The molecular formula is C27H44N8O8. The number of aliphatic hydroxyl groups excluding tert-OH is 1. The third kappa shape index (κ3) is 8.70. The minimum atomic E-state index is -1.27. The second-order valence-electron chi connectivity index (χ2n) is 11.2.